The molecule has 0 radical (unpaired) electrons. The van der Waals surface area contributed by atoms with Crippen molar-refractivity contribution in [2.45, 2.75) is 24.8 Å². The summed E-state index contributed by atoms with van der Waals surface area (Å²) >= 11 is 1.45. The van der Waals surface area contributed by atoms with Crippen LogP contribution in [0.5, 0.6) is 0 Å². The molecule has 1 saturated heterocycles. The van der Waals surface area contributed by atoms with Gasteiger partial charge in [-0.2, -0.15) is 4.98 Å². The largest absolute Gasteiger partial charge is 0.480 e. The number of nitrogens with one attached hydrogen (secondary N) is 1. The lowest BCUT2D eigenvalue weighted by atomic mass is 10.3. The van der Waals surface area contributed by atoms with Crippen LogP contribution in [0.3, 0.4) is 0 Å². The molecule has 2 heterocycles. The maximum Gasteiger partial charge on any atom is 0.327 e. The Labute approximate surface area is 113 Å². The molecule has 19 heavy (non-hydrogen) atoms. The number of hydrogen-bond acceptors (Lipinski definition) is 6. The van der Waals surface area contributed by atoms with Crippen molar-refractivity contribution in [3.8, 4) is 0 Å². The van der Waals surface area contributed by atoms with Crippen LogP contribution in [-0.4, -0.2) is 55.9 Å². The third kappa shape index (κ3) is 3.16. The van der Waals surface area contributed by atoms with Crippen molar-refractivity contribution in [2.24, 2.45) is 0 Å². The first-order valence-electron chi connectivity index (χ1n) is 5.75. The minimum atomic E-state index is -0.981. The van der Waals surface area contributed by atoms with Crippen LogP contribution >= 0.6 is 11.8 Å². The molecular formula is C10H14N4O4S. The Kier molecular flexibility index (Phi) is 4.25. The molecule has 2 rings (SSSR count). The first kappa shape index (κ1) is 13.7. The maximum absolute atomic E-state index is 12.0. The van der Waals surface area contributed by atoms with Gasteiger partial charge in [0, 0.05) is 18.7 Å². The Balaban J connectivity index is 1.86. The fourth-order valence-electron chi connectivity index (χ4n) is 1.82. The number of amides is 2. The highest BCUT2D eigenvalue weighted by molar-refractivity contribution is 8.00. The van der Waals surface area contributed by atoms with Crippen LogP contribution in [0.25, 0.3) is 0 Å². The van der Waals surface area contributed by atoms with Crippen LogP contribution in [-0.2, 0) is 11.2 Å². The van der Waals surface area contributed by atoms with Crippen molar-refractivity contribution in [1.82, 2.24) is 20.4 Å². The first-order valence-corrected chi connectivity index (χ1v) is 6.80. The third-order valence-electron chi connectivity index (χ3n) is 2.77. The Morgan fingerprint density at radius 1 is 1.68 bits per heavy atom. The molecule has 2 N–H and O–H groups in total. The Bertz CT molecular complexity index is 452. The molecule has 1 fully saturated rings. The second kappa shape index (κ2) is 5.91. The van der Waals surface area contributed by atoms with Crippen LogP contribution in [0.2, 0.25) is 0 Å². The molecule has 8 nitrogen and oxygen atoms in total. The first-order chi connectivity index (χ1) is 9.09. The number of aromatic nitrogens is 2. The average Bonchev–Trinajstić information content (AvgIpc) is 2.98. The fourth-order valence-corrected chi connectivity index (χ4v) is 2.98. The maximum atomic E-state index is 12.0. The van der Waals surface area contributed by atoms with Crippen LogP contribution in [0.15, 0.2) is 10.9 Å². The van der Waals surface area contributed by atoms with E-state index >= 15 is 0 Å². The minimum Gasteiger partial charge on any atom is -0.480 e. The summed E-state index contributed by atoms with van der Waals surface area (Å²) in [5.74, 6) is -0.0708. The molecule has 104 valence electrons. The number of carboxylic acids is 1. The number of hydrogen-bond donors (Lipinski definition) is 2. The highest BCUT2D eigenvalue weighted by atomic mass is 32.2. The van der Waals surface area contributed by atoms with Gasteiger partial charge in [0.15, 0.2) is 5.82 Å². The van der Waals surface area contributed by atoms with Crippen LogP contribution in [0, 0.1) is 0 Å². The smallest absolute Gasteiger partial charge is 0.327 e. The van der Waals surface area contributed by atoms with Crippen LogP contribution in [0.4, 0.5) is 4.79 Å². The summed E-state index contributed by atoms with van der Waals surface area (Å²) in [6, 6.07) is -1.15. The zero-order valence-corrected chi connectivity index (χ0v) is 11.1. The summed E-state index contributed by atoms with van der Waals surface area (Å²) < 4.78 is 4.57. The van der Waals surface area contributed by atoms with Gasteiger partial charge in [-0.05, 0) is 6.92 Å². The van der Waals surface area contributed by atoms with E-state index in [0.29, 0.717) is 24.5 Å². The molecule has 1 aliphatic rings. The van der Waals surface area contributed by atoms with Crippen molar-refractivity contribution in [3.63, 3.8) is 0 Å². The molecule has 2 unspecified atom stereocenters. The number of carbonyl (C=O) groups excluding carboxylic acids is 1. The number of rotatable bonds is 4. The van der Waals surface area contributed by atoms with Crippen LogP contribution < -0.4 is 5.32 Å². The van der Waals surface area contributed by atoms with Crippen molar-refractivity contribution in [2.75, 3.05) is 12.3 Å². The van der Waals surface area contributed by atoms with Gasteiger partial charge in [0.05, 0.1) is 5.37 Å². The van der Waals surface area contributed by atoms with Crippen molar-refractivity contribution in [1.29, 1.82) is 0 Å². The van der Waals surface area contributed by atoms with E-state index in [2.05, 4.69) is 20.0 Å². The van der Waals surface area contributed by atoms with E-state index in [0.717, 1.165) is 0 Å². The molecular weight excluding hydrogens is 272 g/mol. The van der Waals surface area contributed by atoms with E-state index in [1.807, 2.05) is 6.92 Å². The molecule has 0 bridgehead atoms. The molecule has 0 spiro atoms. The van der Waals surface area contributed by atoms with Gasteiger partial charge in [-0.15, -0.1) is 11.8 Å². The SMILES string of the molecule is CC1SCC(C(=O)O)N1C(=O)NCCc1ncon1. The molecule has 2 amide bonds. The molecule has 2 atom stereocenters. The lowest BCUT2D eigenvalue weighted by molar-refractivity contribution is -0.141. The summed E-state index contributed by atoms with van der Waals surface area (Å²) in [5.41, 5.74) is 0. The average molecular weight is 286 g/mol. The molecule has 1 aliphatic heterocycles. The van der Waals surface area contributed by atoms with E-state index in [1.165, 1.54) is 23.1 Å². The second-order valence-corrected chi connectivity index (χ2v) is 5.37. The number of carboxylic acid groups (broad SMARTS) is 1. The minimum absolute atomic E-state index is 0.147. The summed E-state index contributed by atoms with van der Waals surface area (Å²) in [7, 11) is 0. The van der Waals surface area contributed by atoms with Crippen molar-refractivity contribution < 1.29 is 19.2 Å². The van der Waals surface area contributed by atoms with E-state index in [4.69, 9.17) is 5.11 Å². The van der Waals surface area contributed by atoms with Gasteiger partial charge in [-0.3, -0.25) is 4.90 Å². The van der Waals surface area contributed by atoms with E-state index in [1.54, 1.807) is 0 Å². The quantitative estimate of drug-likeness (QED) is 0.812. The standard InChI is InChI=1S/C10H14N4O4S/c1-6-14(7(4-19-6)9(15)16)10(17)11-3-2-8-12-5-18-13-8/h5-7H,2-4H2,1H3,(H,11,17)(H,15,16). The van der Waals surface area contributed by atoms with Gasteiger partial charge in [0.2, 0.25) is 6.39 Å². The molecule has 9 heteroatoms. The van der Waals surface area contributed by atoms with Gasteiger partial charge in [0.25, 0.3) is 0 Å². The Morgan fingerprint density at radius 2 is 2.47 bits per heavy atom. The number of thioether (sulfide) groups is 1. The van der Waals surface area contributed by atoms with Gasteiger partial charge in [-0.1, -0.05) is 5.16 Å². The summed E-state index contributed by atoms with van der Waals surface area (Å²) in [6.07, 6.45) is 1.66. The van der Waals surface area contributed by atoms with Gasteiger partial charge in [-0.25, -0.2) is 9.59 Å². The summed E-state index contributed by atoms with van der Waals surface area (Å²) in [6.45, 7) is 2.14. The normalized spacial score (nSPS) is 22.5. The highest BCUT2D eigenvalue weighted by Crippen LogP contribution is 2.28. The van der Waals surface area contributed by atoms with E-state index in [-0.39, 0.29) is 11.4 Å². The molecule has 0 aliphatic carbocycles. The number of carbonyl (C=O) groups is 2. The van der Waals surface area contributed by atoms with E-state index < -0.39 is 12.0 Å². The summed E-state index contributed by atoms with van der Waals surface area (Å²) in [4.78, 5) is 28.2. The molecule has 0 aromatic carbocycles. The van der Waals surface area contributed by atoms with Crippen molar-refractivity contribution >= 4 is 23.8 Å². The number of nitrogens with zero attached hydrogens (tertiary/aromatic N) is 3. The fraction of sp³-hybridized carbons (Fsp3) is 0.600. The predicted octanol–water partition coefficient (Wildman–Crippen LogP) is 0.170. The highest BCUT2D eigenvalue weighted by Gasteiger charge is 2.39. The lowest BCUT2D eigenvalue weighted by Crippen LogP contribution is -2.49. The second-order valence-electron chi connectivity index (χ2n) is 4.02. The van der Waals surface area contributed by atoms with Gasteiger partial charge >= 0.3 is 12.0 Å². The predicted molar refractivity (Wildman–Crippen MR) is 66.6 cm³/mol. The Morgan fingerprint density at radius 3 is 3.11 bits per heavy atom. The monoisotopic (exact) mass is 286 g/mol. The van der Waals surface area contributed by atoms with Crippen LogP contribution in [0.1, 0.15) is 12.7 Å². The molecule has 0 saturated carbocycles. The zero-order chi connectivity index (χ0) is 13.8. The van der Waals surface area contributed by atoms with Gasteiger partial charge < -0.3 is 14.9 Å². The number of aliphatic carboxylic acids is 1. The topological polar surface area (TPSA) is 109 Å². The molecule has 1 aromatic heterocycles. The third-order valence-corrected chi connectivity index (χ3v) is 3.99. The molecule has 1 aromatic rings. The lowest BCUT2D eigenvalue weighted by Gasteiger charge is -2.25. The van der Waals surface area contributed by atoms with Crippen molar-refractivity contribution in [3.05, 3.63) is 12.2 Å². The Hall–Kier alpha value is -1.77. The zero-order valence-electron chi connectivity index (χ0n) is 10.3. The number of urea groups is 1. The van der Waals surface area contributed by atoms with E-state index in [9.17, 15) is 9.59 Å². The summed E-state index contributed by atoms with van der Waals surface area (Å²) in [5, 5.41) is 15.2. The van der Waals surface area contributed by atoms with Gasteiger partial charge in [0.1, 0.15) is 6.04 Å².